The number of rotatable bonds is 4. The molecule has 1 aliphatic carbocycles. The van der Waals surface area contributed by atoms with Crippen LogP contribution < -0.4 is 0 Å². The fourth-order valence-corrected chi connectivity index (χ4v) is 5.42. The first-order valence-corrected chi connectivity index (χ1v) is 11.4. The second kappa shape index (κ2) is 8.45. The van der Waals surface area contributed by atoms with Gasteiger partial charge in [-0.15, -0.1) is 0 Å². The summed E-state index contributed by atoms with van der Waals surface area (Å²) >= 11 is 0. The van der Waals surface area contributed by atoms with Gasteiger partial charge in [0.2, 0.25) is 5.91 Å². The van der Waals surface area contributed by atoms with E-state index in [4.69, 9.17) is 4.52 Å². The minimum atomic E-state index is -0.624. The number of halogens is 1. The van der Waals surface area contributed by atoms with Gasteiger partial charge < -0.3 is 9.42 Å². The molecule has 0 spiro atoms. The molecule has 32 heavy (non-hydrogen) atoms. The van der Waals surface area contributed by atoms with Crippen LogP contribution in [-0.2, 0) is 10.2 Å². The molecule has 1 atom stereocenters. The molecule has 1 amide bonds. The number of carbonyl (C=O) groups is 1. The zero-order chi connectivity index (χ0) is 22.1. The van der Waals surface area contributed by atoms with E-state index in [2.05, 4.69) is 15.1 Å². The number of amides is 1. The van der Waals surface area contributed by atoms with Gasteiger partial charge in [-0.3, -0.25) is 4.79 Å². The summed E-state index contributed by atoms with van der Waals surface area (Å²) in [6.45, 7) is 3.19. The van der Waals surface area contributed by atoms with E-state index >= 15 is 0 Å². The highest BCUT2D eigenvalue weighted by Gasteiger charge is 2.46. The van der Waals surface area contributed by atoms with Crippen molar-refractivity contribution >= 4 is 5.91 Å². The van der Waals surface area contributed by atoms with Crippen molar-refractivity contribution in [3.63, 3.8) is 0 Å². The van der Waals surface area contributed by atoms with Gasteiger partial charge >= 0.3 is 0 Å². The average molecular weight is 435 g/mol. The molecule has 3 heterocycles. The van der Waals surface area contributed by atoms with E-state index in [1.54, 1.807) is 24.7 Å². The van der Waals surface area contributed by atoms with Gasteiger partial charge in [0.05, 0.1) is 22.4 Å². The van der Waals surface area contributed by atoms with Crippen LogP contribution in [0.2, 0.25) is 0 Å². The molecule has 3 aromatic rings. The van der Waals surface area contributed by atoms with Gasteiger partial charge in [0, 0.05) is 31.3 Å². The molecule has 0 radical (unpaired) electrons. The first-order valence-electron chi connectivity index (χ1n) is 11.4. The van der Waals surface area contributed by atoms with Crippen LogP contribution in [0.1, 0.15) is 61.4 Å². The standard InChI is InChI=1S/C25H27FN4O2/c1-17-12-22(32-29-17)21-14-27-16-28-23(21)18-6-5-11-30(15-18)24(31)25(9-2-3-10-25)19-7-4-8-20(26)13-19/h4,7-8,12-14,16,18H,2-3,5-6,9-11,15H2,1H3/t18-/m0/s1. The molecular weight excluding hydrogens is 407 g/mol. The maximum Gasteiger partial charge on any atom is 0.233 e. The monoisotopic (exact) mass is 434 g/mol. The van der Waals surface area contributed by atoms with Crippen molar-refractivity contribution in [3.8, 4) is 11.3 Å². The molecule has 6 nitrogen and oxygen atoms in total. The van der Waals surface area contributed by atoms with Crippen LogP contribution in [0.5, 0.6) is 0 Å². The van der Waals surface area contributed by atoms with E-state index in [0.717, 1.165) is 61.0 Å². The molecule has 1 saturated carbocycles. The minimum absolute atomic E-state index is 0.0852. The first kappa shape index (κ1) is 20.8. The highest BCUT2D eigenvalue weighted by Crippen LogP contribution is 2.44. The summed E-state index contributed by atoms with van der Waals surface area (Å²) in [6.07, 6.45) is 8.66. The summed E-state index contributed by atoms with van der Waals surface area (Å²) in [6, 6.07) is 8.48. The minimum Gasteiger partial charge on any atom is -0.356 e. The molecule has 0 unspecified atom stereocenters. The van der Waals surface area contributed by atoms with Gasteiger partial charge in [0.1, 0.15) is 12.1 Å². The highest BCUT2D eigenvalue weighted by molar-refractivity contribution is 5.89. The lowest BCUT2D eigenvalue weighted by molar-refractivity contribution is -0.138. The maximum atomic E-state index is 14.0. The number of nitrogens with zero attached hydrogens (tertiary/aromatic N) is 4. The van der Waals surface area contributed by atoms with Crippen LogP contribution in [-0.4, -0.2) is 39.0 Å². The fourth-order valence-electron chi connectivity index (χ4n) is 5.42. The number of carbonyl (C=O) groups excluding carboxylic acids is 1. The van der Waals surface area contributed by atoms with Crippen LogP contribution in [0.25, 0.3) is 11.3 Å². The average Bonchev–Trinajstić information content (AvgIpc) is 3.49. The number of aromatic nitrogens is 3. The number of piperidine rings is 1. The predicted octanol–water partition coefficient (Wildman–Crippen LogP) is 4.80. The van der Waals surface area contributed by atoms with E-state index in [1.165, 1.54) is 6.07 Å². The largest absolute Gasteiger partial charge is 0.356 e. The Hall–Kier alpha value is -3.09. The van der Waals surface area contributed by atoms with Crippen LogP contribution >= 0.6 is 0 Å². The van der Waals surface area contributed by atoms with Gasteiger partial charge in [-0.25, -0.2) is 14.4 Å². The molecule has 1 saturated heterocycles. The summed E-state index contributed by atoms with van der Waals surface area (Å²) in [7, 11) is 0. The lowest BCUT2D eigenvalue weighted by Crippen LogP contribution is -2.49. The summed E-state index contributed by atoms with van der Waals surface area (Å²) in [4.78, 5) is 24.7. The number of benzene rings is 1. The third-order valence-electron chi connectivity index (χ3n) is 6.98. The molecule has 7 heteroatoms. The molecule has 0 bridgehead atoms. The van der Waals surface area contributed by atoms with Crippen molar-refractivity contribution in [1.82, 2.24) is 20.0 Å². The summed E-state index contributed by atoms with van der Waals surface area (Å²) in [5.41, 5.74) is 2.70. The number of hydrogen-bond donors (Lipinski definition) is 0. The summed E-state index contributed by atoms with van der Waals surface area (Å²) in [5, 5.41) is 4.00. The Morgan fingerprint density at radius 3 is 2.81 bits per heavy atom. The molecule has 2 fully saturated rings. The molecule has 2 aromatic heterocycles. The summed E-state index contributed by atoms with van der Waals surface area (Å²) in [5.74, 6) is 0.568. The quantitative estimate of drug-likeness (QED) is 0.590. The SMILES string of the molecule is Cc1cc(-c2cncnc2[C@H]2CCCN(C(=O)C3(c4cccc(F)c4)CCCC3)C2)on1. The van der Waals surface area contributed by atoms with Gasteiger partial charge in [-0.2, -0.15) is 0 Å². The Morgan fingerprint density at radius 2 is 2.06 bits per heavy atom. The second-order valence-corrected chi connectivity index (χ2v) is 9.04. The van der Waals surface area contributed by atoms with Crippen molar-refractivity contribution in [2.45, 2.75) is 56.8 Å². The predicted molar refractivity (Wildman–Crippen MR) is 117 cm³/mol. The van der Waals surface area contributed by atoms with Crippen molar-refractivity contribution in [1.29, 1.82) is 0 Å². The normalized spacial score (nSPS) is 20.4. The maximum absolute atomic E-state index is 14.0. The zero-order valence-electron chi connectivity index (χ0n) is 18.3. The molecule has 166 valence electrons. The number of likely N-dealkylation sites (tertiary alicyclic amines) is 1. The van der Waals surface area contributed by atoms with E-state index in [9.17, 15) is 9.18 Å². The van der Waals surface area contributed by atoms with Crippen molar-refractivity contribution in [2.24, 2.45) is 0 Å². The van der Waals surface area contributed by atoms with Crippen molar-refractivity contribution in [3.05, 3.63) is 65.6 Å². The Labute approximate surface area is 186 Å². The third kappa shape index (κ3) is 3.70. The Bertz CT molecular complexity index is 1120. The number of hydrogen-bond acceptors (Lipinski definition) is 5. The van der Waals surface area contributed by atoms with E-state index in [-0.39, 0.29) is 17.6 Å². The number of aryl methyl sites for hydroxylation is 1. The molecule has 2 aliphatic rings. The molecule has 1 aromatic carbocycles. The lowest BCUT2D eigenvalue weighted by atomic mass is 9.76. The topological polar surface area (TPSA) is 72.1 Å². The van der Waals surface area contributed by atoms with Crippen LogP contribution in [0, 0.1) is 12.7 Å². The molecular formula is C25H27FN4O2. The van der Waals surface area contributed by atoms with Gasteiger partial charge in [0.25, 0.3) is 0 Å². The molecule has 5 rings (SSSR count). The Morgan fingerprint density at radius 1 is 1.22 bits per heavy atom. The van der Waals surface area contributed by atoms with Gasteiger partial charge in [0.15, 0.2) is 5.76 Å². The van der Waals surface area contributed by atoms with Gasteiger partial charge in [-0.1, -0.05) is 30.1 Å². The second-order valence-electron chi connectivity index (χ2n) is 9.04. The van der Waals surface area contributed by atoms with E-state index in [0.29, 0.717) is 18.8 Å². The summed E-state index contributed by atoms with van der Waals surface area (Å²) < 4.78 is 19.5. The Kier molecular flexibility index (Phi) is 5.49. The lowest BCUT2D eigenvalue weighted by Gasteiger charge is -2.39. The van der Waals surface area contributed by atoms with Crippen LogP contribution in [0.15, 0.2) is 47.4 Å². The zero-order valence-corrected chi connectivity index (χ0v) is 18.3. The first-order chi connectivity index (χ1) is 15.6. The highest BCUT2D eigenvalue weighted by atomic mass is 19.1. The van der Waals surface area contributed by atoms with Crippen LogP contribution in [0.3, 0.4) is 0 Å². The van der Waals surface area contributed by atoms with Gasteiger partial charge in [-0.05, 0) is 50.3 Å². The molecule has 1 aliphatic heterocycles. The van der Waals surface area contributed by atoms with Crippen molar-refractivity contribution < 1.29 is 13.7 Å². The smallest absolute Gasteiger partial charge is 0.233 e. The fraction of sp³-hybridized carbons (Fsp3) is 0.440. The third-order valence-corrected chi connectivity index (χ3v) is 6.98. The van der Waals surface area contributed by atoms with E-state index < -0.39 is 5.41 Å². The van der Waals surface area contributed by atoms with Crippen molar-refractivity contribution in [2.75, 3.05) is 13.1 Å². The van der Waals surface area contributed by atoms with Crippen LogP contribution in [0.4, 0.5) is 4.39 Å². The Balaban J connectivity index is 1.44. The van der Waals surface area contributed by atoms with E-state index in [1.807, 2.05) is 24.0 Å². The molecule has 0 N–H and O–H groups in total.